The van der Waals surface area contributed by atoms with E-state index in [1.54, 1.807) is 4.90 Å². The van der Waals surface area contributed by atoms with Crippen molar-refractivity contribution in [2.24, 2.45) is 5.92 Å². The lowest BCUT2D eigenvalue weighted by molar-refractivity contribution is -0.126. The number of pyridine rings is 1. The molecule has 1 aliphatic rings. The van der Waals surface area contributed by atoms with E-state index in [9.17, 15) is 9.59 Å². The Labute approximate surface area is 161 Å². The number of rotatable bonds is 5. The SMILES string of the molecule is O=C(NCCc1nnc2ccccn12)C1CCCN(C(=O)c2cccs2)C1. The van der Waals surface area contributed by atoms with Gasteiger partial charge in [-0.15, -0.1) is 21.5 Å². The summed E-state index contributed by atoms with van der Waals surface area (Å²) in [6.45, 7) is 1.70. The van der Waals surface area contributed by atoms with E-state index >= 15 is 0 Å². The second kappa shape index (κ2) is 7.87. The fourth-order valence-electron chi connectivity index (χ4n) is 3.43. The Bertz CT molecular complexity index is 937. The number of nitrogens with zero attached hydrogens (tertiary/aromatic N) is 4. The van der Waals surface area contributed by atoms with E-state index in [1.165, 1.54) is 11.3 Å². The van der Waals surface area contributed by atoms with Crippen molar-refractivity contribution in [2.75, 3.05) is 19.6 Å². The highest BCUT2D eigenvalue weighted by molar-refractivity contribution is 7.12. The first kappa shape index (κ1) is 17.7. The van der Waals surface area contributed by atoms with Crippen LogP contribution in [0.5, 0.6) is 0 Å². The summed E-state index contributed by atoms with van der Waals surface area (Å²) in [7, 11) is 0. The Morgan fingerprint density at radius 1 is 1.22 bits per heavy atom. The molecular formula is C19H21N5O2S. The van der Waals surface area contributed by atoms with Gasteiger partial charge in [0.15, 0.2) is 5.65 Å². The number of carbonyl (C=O) groups excluding carboxylic acids is 2. The standard InChI is InChI=1S/C19H21N5O2S/c25-18(20-9-8-17-22-21-16-7-1-2-11-24(16)17)14-5-3-10-23(13-14)19(26)15-6-4-12-27-15/h1-2,4,6-7,11-12,14H,3,5,8-10,13H2,(H,20,25). The zero-order chi connectivity index (χ0) is 18.6. The summed E-state index contributed by atoms with van der Waals surface area (Å²) in [6.07, 6.45) is 4.20. The van der Waals surface area contributed by atoms with Crippen molar-refractivity contribution in [1.82, 2.24) is 24.8 Å². The smallest absolute Gasteiger partial charge is 0.263 e. The number of fused-ring (bicyclic) bond motifs is 1. The molecule has 1 aliphatic heterocycles. The van der Waals surface area contributed by atoms with Crippen LogP contribution >= 0.6 is 11.3 Å². The highest BCUT2D eigenvalue weighted by atomic mass is 32.1. The van der Waals surface area contributed by atoms with Gasteiger partial charge in [0.1, 0.15) is 5.82 Å². The lowest BCUT2D eigenvalue weighted by Gasteiger charge is -2.31. The fourth-order valence-corrected chi connectivity index (χ4v) is 4.13. The molecule has 1 fully saturated rings. The zero-order valence-electron chi connectivity index (χ0n) is 14.9. The molecule has 7 nitrogen and oxygen atoms in total. The Balaban J connectivity index is 1.31. The topological polar surface area (TPSA) is 79.6 Å². The predicted octanol–water partition coefficient (Wildman–Crippen LogP) is 2.00. The summed E-state index contributed by atoms with van der Waals surface area (Å²) in [4.78, 5) is 27.6. The van der Waals surface area contributed by atoms with Gasteiger partial charge >= 0.3 is 0 Å². The van der Waals surface area contributed by atoms with Crippen LogP contribution in [0.1, 0.15) is 28.3 Å². The summed E-state index contributed by atoms with van der Waals surface area (Å²) in [5.41, 5.74) is 0.800. The van der Waals surface area contributed by atoms with Crippen molar-refractivity contribution in [2.45, 2.75) is 19.3 Å². The quantitative estimate of drug-likeness (QED) is 0.731. The predicted molar refractivity (Wildman–Crippen MR) is 103 cm³/mol. The molecule has 0 radical (unpaired) electrons. The number of hydrogen-bond acceptors (Lipinski definition) is 5. The third-order valence-corrected chi connectivity index (χ3v) is 5.70. The van der Waals surface area contributed by atoms with Crippen molar-refractivity contribution in [3.05, 3.63) is 52.6 Å². The van der Waals surface area contributed by atoms with Crippen molar-refractivity contribution in [3.8, 4) is 0 Å². The van der Waals surface area contributed by atoms with Gasteiger partial charge in [0.05, 0.1) is 10.8 Å². The third kappa shape index (κ3) is 3.85. The normalized spacial score (nSPS) is 17.2. The largest absolute Gasteiger partial charge is 0.355 e. The van der Waals surface area contributed by atoms with Crippen molar-refractivity contribution in [1.29, 1.82) is 0 Å². The third-order valence-electron chi connectivity index (χ3n) is 4.84. The number of aromatic nitrogens is 3. The van der Waals surface area contributed by atoms with Crippen molar-refractivity contribution in [3.63, 3.8) is 0 Å². The molecule has 2 amide bonds. The molecule has 0 saturated carbocycles. The minimum absolute atomic E-state index is 0.00694. The van der Waals surface area contributed by atoms with Gasteiger partial charge in [-0.2, -0.15) is 0 Å². The maximum Gasteiger partial charge on any atom is 0.263 e. The second-order valence-electron chi connectivity index (χ2n) is 6.65. The molecule has 1 unspecified atom stereocenters. The number of amides is 2. The summed E-state index contributed by atoms with van der Waals surface area (Å²) < 4.78 is 1.92. The van der Waals surface area contributed by atoms with Crippen LogP contribution in [-0.4, -0.2) is 50.9 Å². The van der Waals surface area contributed by atoms with Crippen molar-refractivity contribution < 1.29 is 9.59 Å². The number of carbonyl (C=O) groups is 2. The minimum Gasteiger partial charge on any atom is -0.355 e. The van der Waals surface area contributed by atoms with Gasteiger partial charge in [0.2, 0.25) is 5.91 Å². The molecule has 4 rings (SSSR count). The zero-order valence-corrected chi connectivity index (χ0v) is 15.7. The molecule has 0 aromatic carbocycles. The van der Waals surface area contributed by atoms with Gasteiger partial charge in [-0.3, -0.25) is 14.0 Å². The summed E-state index contributed by atoms with van der Waals surface area (Å²) >= 11 is 1.44. The van der Waals surface area contributed by atoms with E-state index in [2.05, 4.69) is 15.5 Å². The van der Waals surface area contributed by atoms with E-state index in [1.807, 2.05) is 46.3 Å². The molecule has 1 atom stereocenters. The van der Waals surface area contributed by atoms with Crippen LogP contribution in [0.3, 0.4) is 0 Å². The first-order chi connectivity index (χ1) is 13.2. The Morgan fingerprint density at radius 3 is 3.00 bits per heavy atom. The van der Waals surface area contributed by atoms with Gasteiger partial charge in [-0.1, -0.05) is 12.1 Å². The molecule has 3 aromatic heterocycles. The van der Waals surface area contributed by atoms with Crippen LogP contribution in [-0.2, 0) is 11.2 Å². The van der Waals surface area contributed by atoms with Gasteiger partial charge in [0, 0.05) is 32.3 Å². The minimum atomic E-state index is -0.155. The van der Waals surface area contributed by atoms with Gasteiger partial charge < -0.3 is 10.2 Å². The molecule has 0 aliphatic carbocycles. The van der Waals surface area contributed by atoms with Crippen molar-refractivity contribution >= 4 is 28.8 Å². The van der Waals surface area contributed by atoms with Gasteiger partial charge in [0.25, 0.3) is 5.91 Å². The maximum atomic E-state index is 12.6. The lowest BCUT2D eigenvalue weighted by Crippen LogP contribution is -2.45. The lowest BCUT2D eigenvalue weighted by atomic mass is 9.97. The van der Waals surface area contributed by atoms with Gasteiger partial charge in [-0.25, -0.2) is 0 Å². The van der Waals surface area contributed by atoms with Crippen LogP contribution < -0.4 is 5.32 Å². The molecule has 1 N–H and O–H groups in total. The van der Waals surface area contributed by atoms with Crippen LogP contribution in [0.25, 0.3) is 5.65 Å². The highest BCUT2D eigenvalue weighted by Crippen LogP contribution is 2.20. The molecule has 0 bridgehead atoms. The number of likely N-dealkylation sites (tertiary alicyclic amines) is 1. The molecular weight excluding hydrogens is 362 g/mol. The Kier molecular flexibility index (Phi) is 5.15. The summed E-state index contributed by atoms with van der Waals surface area (Å²) in [6, 6.07) is 9.46. The molecule has 3 aromatic rings. The van der Waals surface area contributed by atoms with E-state index in [4.69, 9.17) is 0 Å². The Morgan fingerprint density at radius 2 is 2.15 bits per heavy atom. The van der Waals surface area contributed by atoms with Gasteiger partial charge in [-0.05, 0) is 36.4 Å². The Hall–Kier alpha value is -2.74. The molecule has 140 valence electrons. The average Bonchev–Trinajstić information content (AvgIpc) is 3.38. The van der Waals surface area contributed by atoms with E-state index in [0.717, 1.165) is 29.2 Å². The summed E-state index contributed by atoms with van der Waals surface area (Å²) in [5.74, 6) is 0.701. The highest BCUT2D eigenvalue weighted by Gasteiger charge is 2.29. The first-order valence-electron chi connectivity index (χ1n) is 9.11. The molecule has 8 heteroatoms. The molecule has 4 heterocycles. The maximum absolute atomic E-state index is 12.6. The molecule has 1 saturated heterocycles. The van der Waals surface area contributed by atoms with E-state index in [0.29, 0.717) is 26.1 Å². The fraction of sp³-hybridized carbons (Fsp3) is 0.368. The van der Waals surface area contributed by atoms with Crippen LogP contribution in [0, 0.1) is 5.92 Å². The second-order valence-corrected chi connectivity index (χ2v) is 7.60. The summed E-state index contributed by atoms with van der Waals surface area (Å²) in [5, 5.41) is 13.2. The van der Waals surface area contributed by atoms with Crippen LogP contribution in [0.4, 0.5) is 0 Å². The molecule has 0 spiro atoms. The number of piperidine rings is 1. The van der Waals surface area contributed by atoms with E-state index < -0.39 is 0 Å². The average molecular weight is 383 g/mol. The molecule has 27 heavy (non-hydrogen) atoms. The first-order valence-corrected chi connectivity index (χ1v) is 9.99. The number of thiophene rings is 1. The number of nitrogens with one attached hydrogen (secondary N) is 1. The van der Waals surface area contributed by atoms with Crippen LogP contribution in [0.15, 0.2) is 41.9 Å². The number of hydrogen-bond donors (Lipinski definition) is 1. The van der Waals surface area contributed by atoms with Crippen LogP contribution in [0.2, 0.25) is 0 Å². The monoisotopic (exact) mass is 383 g/mol. The van der Waals surface area contributed by atoms with E-state index in [-0.39, 0.29) is 17.7 Å².